The first-order chi connectivity index (χ1) is 16.6. The summed E-state index contributed by atoms with van der Waals surface area (Å²) in [6.07, 6.45) is 8.14. The molecule has 3 rings (SSSR count). The lowest BCUT2D eigenvalue weighted by Crippen LogP contribution is -2.31. The van der Waals surface area contributed by atoms with E-state index in [9.17, 15) is 9.59 Å². The normalized spacial score (nSPS) is 15.0. The van der Waals surface area contributed by atoms with Crippen LogP contribution in [0.15, 0.2) is 48.5 Å². The Balaban J connectivity index is 1.37. The molecule has 2 amide bonds. The van der Waals surface area contributed by atoms with Crippen LogP contribution in [0.4, 0.5) is 11.4 Å². The molecule has 1 unspecified atom stereocenters. The predicted molar refractivity (Wildman–Crippen MR) is 136 cm³/mol. The van der Waals surface area contributed by atoms with Crippen molar-refractivity contribution in [2.45, 2.75) is 58.0 Å². The molecule has 0 spiro atoms. The van der Waals surface area contributed by atoms with Crippen LogP contribution in [0.1, 0.15) is 62.2 Å². The lowest BCUT2D eigenvalue weighted by atomic mass is 10.1. The summed E-state index contributed by atoms with van der Waals surface area (Å²) in [4.78, 5) is 24.7. The molecule has 2 aromatic carbocycles. The van der Waals surface area contributed by atoms with Crippen LogP contribution in [0.25, 0.3) is 0 Å². The fraction of sp³-hybridized carbons (Fsp3) is 0.481. The average molecular weight is 468 g/mol. The molecule has 7 heteroatoms. The first-order valence-electron chi connectivity index (χ1n) is 12.4. The van der Waals surface area contributed by atoms with Crippen LogP contribution in [0, 0.1) is 0 Å². The maximum atomic E-state index is 12.4. The monoisotopic (exact) mass is 467 g/mol. The Labute approximate surface area is 202 Å². The Morgan fingerprint density at radius 1 is 1.03 bits per heavy atom. The molecule has 34 heavy (non-hydrogen) atoms. The van der Waals surface area contributed by atoms with E-state index in [0.29, 0.717) is 30.1 Å². The maximum absolute atomic E-state index is 12.4. The molecule has 0 aromatic heterocycles. The quantitative estimate of drug-likeness (QED) is 0.341. The number of unbranched alkanes of at least 4 members (excludes halogenated alkanes) is 4. The third-order valence-corrected chi connectivity index (χ3v) is 5.75. The highest BCUT2D eigenvalue weighted by Crippen LogP contribution is 2.17. The van der Waals surface area contributed by atoms with Crippen LogP contribution in [0.5, 0.6) is 5.75 Å². The molecule has 7 nitrogen and oxygen atoms in total. The zero-order chi connectivity index (χ0) is 24.0. The van der Waals surface area contributed by atoms with Crippen molar-refractivity contribution < 1.29 is 19.1 Å². The number of nitrogens with one attached hydrogen (secondary N) is 3. The van der Waals surface area contributed by atoms with E-state index in [1.165, 1.54) is 25.7 Å². The second-order valence-electron chi connectivity index (χ2n) is 8.61. The van der Waals surface area contributed by atoms with Gasteiger partial charge >= 0.3 is 0 Å². The van der Waals surface area contributed by atoms with E-state index in [4.69, 9.17) is 9.47 Å². The molecule has 0 saturated carbocycles. The summed E-state index contributed by atoms with van der Waals surface area (Å²) in [6.45, 7) is 4.29. The molecule has 1 heterocycles. The Hall–Kier alpha value is -3.06. The summed E-state index contributed by atoms with van der Waals surface area (Å²) in [5.74, 6) is 0.492. The zero-order valence-electron chi connectivity index (χ0n) is 20.1. The lowest BCUT2D eigenvalue weighted by Gasteiger charge is -2.12. The standard InChI is InChI=1S/C27H37N3O4/c1-2-3-4-5-6-16-33-24-14-12-22(13-15-24)30-26(31)20-28-23-10-7-9-21(18-23)27(32)29-19-25-11-8-17-34-25/h7,9-10,12-15,18,25,28H,2-6,8,11,16-17,19-20H2,1H3,(H,29,32)(H,30,31). The third kappa shape index (κ3) is 9.06. The van der Waals surface area contributed by atoms with Crippen molar-refractivity contribution in [3.8, 4) is 5.75 Å². The Morgan fingerprint density at radius 3 is 2.62 bits per heavy atom. The topological polar surface area (TPSA) is 88.7 Å². The molecule has 2 aromatic rings. The smallest absolute Gasteiger partial charge is 0.251 e. The lowest BCUT2D eigenvalue weighted by molar-refractivity contribution is -0.114. The van der Waals surface area contributed by atoms with E-state index in [1.54, 1.807) is 18.2 Å². The number of rotatable bonds is 14. The highest BCUT2D eigenvalue weighted by Gasteiger charge is 2.16. The molecular formula is C27H37N3O4. The minimum absolute atomic E-state index is 0.0942. The van der Waals surface area contributed by atoms with Gasteiger partial charge in [0.25, 0.3) is 5.91 Å². The van der Waals surface area contributed by atoms with Gasteiger partial charge < -0.3 is 25.4 Å². The van der Waals surface area contributed by atoms with Crippen molar-refractivity contribution in [1.29, 1.82) is 0 Å². The zero-order valence-corrected chi connectivity index (χ0v) is 20.1. The van der Waals surface area contributed by atoms with E-state index in [1.807, 2.05) is 30.3 Å². The van der Waals surface area contributed by atoms with Crippen LogP contribution < -0.4 is 20.7 Å². The van der Waals surface area contributed by atoms with Gasteiger partial charge in [0.1, 0.15) is 5.75 Å². The first kappa shape index (κ1) is 25.6. The van der Waals surface area contributed by atoms with Gasteiger partial charge in [0.15, 0.2) is 0 Å². The maximum Gasteiger partial charge on any atom is 0.251 e. The molecule has 0 bridgehead atoms. The molecular weight excluding hydrogens is 430 g/mol. The van der Waals surface area contributed by atoms with Gasteiger partial charge in [-0.3, -0.25) is 9.59 Å². The van der Waals surface area contributed by atoms with Crippen molar-refractivity contribution in [1.82, 2.24) is 5.32 Å². The van der Waals surface area contributed by atoms with Crippen LogP contribution in [0.3, 0.4) is 0 Å². The molecule has 1 saturated heterocycles. The minimum atomic E-state index is -0.169. The van der Waals surface area contributed by atoms with Gasteiger partial charge in [-0.05, 0) is 61.7 Å². The van der Waals surface area contributed by atoms with Gasteiger partial charge in [0.05, 0.1) is 19.3 Å². The predicted octanol–water partition coefficient (Wildman–Crippen LogP) is 5.00. The summed E-state index contributed by atoms with van der Waals surface area (Å²) in [7, 11) is 0. The molecule has 1 aliphatic rings. The fourth-order valence-electron chi connectivity index (χ4n) is 3.80. The van der Waals surface area contributed by atoms with Crippen molar-refractivity contribution in [3.63, 3.8) is 0 Å². The SMILES string of the molecule is CCCCCCCOc1ccc(NC(=O)CNc2cccc(C(=O)NCC3CCCO3)c2)cc1. The number of carbonyl (C=O) groups excluding carboxylic acids is 2. The summed E-state index contributed by atoms with van der Waals surface area (Å²) in [5.41, 5.74) is 1.97. The molecule has 3 N–H and O–H groups in total. The number of anilines is 2. The second-order valence-corrected chi connectivity index (χ2v) is 8.61. The van der Waals surface area contributed by atoms with Gasteiger partial charge in [0.2, 0.25) is 5.91 Å². The Morgan fingerprint density at radius 2 is 1.85 bits per heavy atom. The number of ether oxygens (including phenoxy) is 2. The number of amides is 2. The van der Waals surface area contributed by atoms with Crippen molar-refractivity contribution in [2.24, 2.45) is 0 Å². The highest BCUT2D eigenvalue weighted by atomic mass is 16.5. The third-order valence-electron chi connectivity index (χ3n) is 5.75. The van der Waals surface area contributed by atoms with E-state index < -0.39 is 0 Å². The minimum Gasteiger partial charge on any atom is -0.494 e. The van der Waals surface area contributed by atoms with Crippen LogP contribution in [-0.4, -0.2) is 44.2 Å². The Bertz CT molecular complexity index is 895. The molecule has 184 valence electrons. The van der Waals surface area contributed by atoms with E-state index >= 15 is 0 Å². The van der Waals surface area contributed by atoms with E-state index in [2.05, 4.69) is 22.9 Å². The summed E-state index contributed by atoms with van der Waals surface area (Å²) in [5, 5.41) is 8.86. The molecule has 1 atom stereocenters. The van der Waals surface area contributed by atoms with Crippen molar-refractivity contribution >= 4 is 23.2 Å². The highest BCUT2D eigenvalue weighted by molar-refractivity contribution is 5.96. The van der Waals surface area contributed by atoms with Crippen molar-refractivity contribution in [2.75, 3.05) is 36.9 Å². The van der Waals surface area contributed by atoms with Crippen LogP contribution >= 0.6 is 0 Å². The van der Waals surface area contributed by atoms with Gasteiger partial charge in [0, 0.05) is 30.1 Å². The number of carbonyl (C=O) groups is 2. The summed E-state index contributed by atoms with van der Waals surface area (Å²) < 4.78 is 11.3. The van der Waals surface area contributed by atoms with E-state index in [-0.39, 0.29) is 24.5 Å². The average Bonchev–Trinajstić information content (AvgIpc) is 3.38. The largest absolute Gasteiger partial charge is 0.494 e. The van der Waals surface area contributed by atoms with Gasteiger partial charge in [-0.2, -0.15) is 0 Å². The van der Waals surface area contributed by atoms with Gasteiger partial charge in [-0.1, -0.05) is 38.7 Å². The summed E-state index contributed by atoms with van der Waals surface area (Å²) >= 11 is 0. The first-order valence-corrected chi connectivity index (χ1v) is 12.4. The van der Waals surface area contributed by atoms with Gasteiger partial charge in [-0.15, -0.1) is 0 Å². The molecule has 0 aliphatic carbocycles. The van der Waals surface area contributed by atoms with Crippen LogP contribution in [-0.2, 0) is 9.53 Å². The van der Waals surface area contributed by atoms with Crippen molar-refractivity contribution in [3.05, 3.63) is 54.1 Å². The number of benzene rings is 2. The number of hydrogen-bond donors (Lipinski definition) is 3. The van der Waals surface area contributed by atoms with Crippen LogP contribution in [0.2, 0.25) is 0 Å². The second kappa shape index (κ2) is 14.3. The number of hydrogen-bond acceptors (Lipinski definition) is 5. The molecule has 0 radical (unpaired) electrons. The fourth-order valence-corrected chi connectivity index (χ4v) is 3.80. The Kier molecular flexibility index (Phi) is 10.7. The van der Waals surface area contributed by atoms with E-state index in [0.717, 1.165) is 31.6 Å². The van der Waals surface area contributed by atoms with Gasteiger partial charge in [-0.25, -0.2) is 0 Å². The molecule has 1 aliphatic heterocycles. The molecule has 1 fully saturated rings. The summed E-state index contributed by atoms with van der Waals surface area (Å²) in [6, 6.07) is 14.5.